The summed E-state index contributed by atoms with van der Waals surface area (Å²) in [7, 11) is 0. The summed E-state index contributed by atoms with van der Waals surface area (Å²) in [5.41, 5.74) is 0.993. The molecule has 0 unspecified atom stereocenters. The number of carbonyl (C=O) groups excluding carboxylic acids is 1. The van der Waals surface area contributed by atoms with Gasteiger partial charge in [0, 0.05) is 6.54 Å². The fourth-order valence-electron chi connectivity index (χ4n) is 1.83. The molecular formula is C14H21NO3. The van der Waals surface area contributed by atoms with Crippen molar-refractivity contribution in [2.75, 3.05) is 19.7 Å². The Hall–Kier alpha value is -1.55. The fraction of sp³-hybridized carbons (Fsp3) is 0.500. The van der Waals surface area contributed by atoms with Crippen molar-refractivity contribution in [2.24, 2.45) is 0 Å². The van der Waals surface area contributed by atoms with Crippen LogP contribution in [0.5, 0.6) is 5.75 Å². The molecule has 0 saturated heterocycles. The van der Waals surface area contributed by atoms with E-state index in [1.54, 1.807) is 25.1 Å². The molecule has 0 atom stereocenters. The van der Waals surface area contributed by atoms with Crippen molar-refractivity contribution >= 4 is 5.97 Å². The SMILES string of the molecule is CCCN(CC(=O)OCC)Cc1cccc(O)c1. The van der Waals surface area contributed by atoms with Crippen LogP contribution in [0.1, 0.15) is 25.8 Å². The van der Waals surface area contributed by atoms with Crippen molar-refractivity contribution in [1.82, 2.24) is 4.90 Å². The molecule has 0 radical (unpaired) electrons. The van der Waals surface area contributed by atoms with E-state index in [1.807, 2.05) is 11.0 Å². The Morgan fingerprint density at radius 1 is 1.39 bits per heavy atom. The van der Waals surface area contributed by atoms with Crippen LogP contribution in [0.15, 0.2) is 24.3 Å². The lowest BCUT2D eigenvalue weighted by Gasteiger charge is -2.20. The minimum Gasteiger partial charge on any atom is -0.508 e. The molecule has 18 heavy (non-hydrogen) atoms. The summed E-state index contributed by atoms with van der Waals surface area (Å²) >= 11 is 0. The van der Waals surface area contributed by atoms with E-state index in [2.05, 4.69) is 6.92 Å². The maximum atomic E-state index is 11.5. The topological polar surface area (TPSA) is 49.8 Å². The van der Waals surface area contributed by atoms with E-state index in [-0.39, 0.29) is 18.3 Å². The van der Waals surface area contributed by atoms with E-state index >= 15 is 0 Å². The summed E-state index contributed by atoms with van der Waals surface area (Å²) in [5.74, 6) is 0.0474. The predicted molar refractivity (Wildman–Crippen MR) is 70.3 cm³/mol. The molecular weight excluding hydrogens is 230 g/mol. The van der Waals surface area contributed by atoms with Gasteiger partial charge in [0.15, 0.2) is 0 Å². The van der Waals surface area contributed by atoms with Crippen LogP contribution in [0.25, 0.3) is 0 Å². The zero-order valence-corrected chi connectivity index (χ0v) is 11.1. The van der Waals surface area contributed by atoms with Crippen LogP contribution in [0.2, 0.25) is 0 Å². The first kappa shape index (κ1) is 14.5. The van der Waals surface area contributed by atoms with E-state index in [0.717, 1.165) is 18.5 Å². The molecule has 4 heteroatoms. The van der Waals surface area contributed by atoms with Gasteiger partial charge in [-0.3, -0.25) is 9.69 Å². The third-order valence-electron chi connectivity index (χ3n) is 2.51. The lowest BCUT2D eigenvalue weighted by Crippen LogP contribution is -2.31. The second-order valence-corrected chi connectivity index (χ2v) is 4.19. The largest absolute Gasteiger partial charge is 0.508 e. The summed E-state index contributed by atoms with van der Waals surface area (Å²) in [5, 5.41) is 9.41. The zero-order valence-electron chi connectivity index (χ0n) is 11.1. The van der Waals surface area contributed by atoms with Crippen LogP contribution >= 0.6 is 0 Å². The van der Waals surface area contributed by atoms with Gasteiger partial charge >= 0.3 is 5.97 Å². The highest BCUT2D eigenvalue weighted by Crippen LogP contribution is 2.13. The fourth-order valence-corrected chi connectivity index (χ4v) is 1.83. The van der Waals surface area contributed by atoms with Crippen LogP contribution in [0.3, 0.4) is 0 Å². The second-order valence-electron chi connectivity index (χ2n) is 4.19. The third-order valence-corrected chi connectivity index (χ3v) is 2.51. The van der Waals surface area contributed by atoms with Crippen LogP contribution in [-0.4, -0.2) is 35.7 Å². The Kier molecular flexibility index (Phi) is 6.22. The predicted octanol–water partition coefficient (Wildman–Crippen LogP) is 2.17. The molecule has 0 amide bonds. The van der Waals surface area contributed by atoms with Gasteiger partial charge in [0.05, 0.1) is 13.2 Å². The van der Waals surface area contributed by atoms with Crippen molar-refractivity contribution in [1.29, 1.82) is 0 Å². The Balaban J connectivity index is 2.59. The summed E-state index contributed by atoms with van der Waals surface area (Å²) in [6.45, 7) is 6.04. The maximum absolute atomic E-state index is 11.5. The first-order chi connectivity index (χ1) is 8.65. The molecule has 1 N–H and O–H groups in total. The molecule has 0 aliphatic rings. The quantitative estimate of drug-likeness (QED) is 0.754. The highest BCUT2D eigenvalue weighted by molar-refractivity contribution is 5.71. The number of phenolic OH excluding ortho intramolecular Hbond substituents is 1. The zero-order chi connectivity index (χ0) is 13.4. The van der Waals surface area contributed by atoms with E-state index in [0.29, 0.717) is 13.2 Å². The molecule has 0 aliphatic heterocycles. The molecule has 100 valence electrons. The second kappa shape index (κ2) is 7.71. The van der Waals surface area contributed by atoms with Gasteiger partial charge < -0.3 is 9.84 Å². The van der Waals surface area contributed by atoms with Crippen LogP contribution < -0.4 is 0 Å². The molecule has 0 fully saturated rings. The smallest absolute Gasteiger partial charge is 0.320 e. The number of aromatic hydroxyl groups is 1. The normalized spacial score (nSPS) is 10.6. The molecule has 0 heterocycles. The number of hydrogen-bond donors (Lipinski definition) is 1. The molecule has 0 bridgehead atoms. The van der Waals surface area contributed by atoms with Crippen molar-refractivity contribution in [3.05, 3.63) is 29.8 Å². The van der Waals surface area contributed by atoms with E-state index in [1.165, 1.54) is 0 Å². The van der Waals surface area contributed by atoms with Gasteiger partial charge in [0.2, 0.25) is 0 Å². The number of esters is 1. The number of rotatable bonds is 7. The minimum absolute atomic E-state index is 0.203. The van der Waals surface area contributed by atoms with Crippen molar-refractivity contribution in [3.63, 3.8) is 0 Å². The van der Waals surface area contributed by atoms with E-state index < -0.39 is 0 Å². The first-order valence-electron chi connectivity index (χ1n) is 6.31. The Morgan fingerprint density at radius 2 is 2.17 bits per heavy atom. The molecule has 0 saturated carbocycles. The first-order valence-corrected chi connectivity index (χ1v) is 6.31. The standard InChI is InChI=1S/C14H21NO3/c1-3-8-15(11-14(17)18-4-2)10-12-6-5-7-13(16)9-12/h5-7,9,16H,3-4,8,10-11H2,1-2H3. The number of ether oxygens (including phenoxy) is 1. The lowest BCUT2D eigenvalue weighted by molar-refractivity contribution is -0.144. The monoisotopic (exact) mass is 251 g/mol. The third kappa shape index (κ3) is 5.19. The molecule has 1 rings (SSSR count). The minimum atomic E-state index is -0.203. The van der Waals surface area contributed by atoms with Gasteiger partial charge in [-0.25, -0.2) is 0 Å². The lowest BCUT2D eigenvalue weighted by atomic mass is 10.2. The van der Waals surface area contributed by atoms with E-state index in [4.69, 9.17) is 4.74 Å². The average Bonchev–Trinajstić information content (AvgIpc) is 2.29. The highest BCUT2D eigenvalue weighted by Gasteiger charge is 2.11. The number of phenols is 1. The van der Waals surface area contributed by atoms with Crippen molar-refractivity contribution < 1.29 is 14.6 Å². The van der Waals surface area contributed by atoms with E-state index in [9.17, 15) is 9.90 Å². The number of nitrogens with zero attached hydrogens (tertiary/aromatic N) is 1. The highest BCUT2D eigenvalue weighted by atomic mass is 16.5. The summed E-state index contributed by atoms with van der Waals surface area (Å²) < 4.78 is 4.95. The van der Waals surface area contributed by atoms with Gasteiger partial charge in [0.25, 0.3) is 0 Å². The molecule has 0 spiro atoms. The van der Waals surface area contributed by atoms with Gasteiger partial charge in [-0.05, 0) is 37.6 Å². The Morgan fingerprint density at radius 3 is 2.78 bits per heavy atom. The molecule has 0 aliphatic carbocycles. The van der Waals surface area contributed by atoms with Gasteiger partial charge in [0.1, 0.15) is 5.75 Å². The number of benzene rings is 1. The van der Waals surface area contributed by atoms with Gasteiger partial charge in [-0.15, -0.1) is 0 Å². The Bertz CT molecular complexity index is 379. The molecule has 4 nitrogen and oxygen atoms in total. The Labute approximate surface area is 108 Å². The van der Waals surface area contributed by atoms with Crippen LogP contribution in [0, 0.1) is 0 Å². The summed E-state index contributed by atoms with van der Waals surface area (Å²) in [4.78, 5) is 13.5. The van der Waals surface area contributed by atoms with Crippen molar-refractivity contribution in [3.8, 4) is 5.75 Å². The summed E-state index contributed by atoms with van der Waals surface area (Å²) in [6.07, 6.45) is 0.970. The van der Waals surface area contributed by atoms with Crippen molar-refractivity contribution in [2.45, 2.75) is 26.8 Å². The van der Waals surface area contributed by atoms with Gasteiger partial charge in [-0.2, -0.15) is 0 Å². The number of carbonyl (C=O) groups is 1. The maximum Gasteiger partial charge on any atom is 0.320 e. The number of hydrogen-bond acceptors (Lipinski definition) is 4. The molecule has 1 aromatic carbocycles. The summed E-state index contributed by atoms with van der Waals surface area (Å²) in [6, 6.07) is 7.10. The average molecular weight is 251 g/mol. The van der Waals surface area contributed by atoms with Crippen LogP contribution in [0.4, 0.5) is 0 Å². The van der Waals surface area contributed by atoms with Crippen LogP contribution in [-0.2, 0) is 16.1 Å². The van der Waals surface area contributed by atoms with Gasteiger partial charge in [-0.1, -0.05) is 19.1 Å². The molecule has 0 aromatic heterocycles. The molecule has 1 aromatic rings.